The number of nitrogens with two attached hydrogens (primary N) is 1. The highest BCUT2D eigenvalue weighted by Crippen LogP contribution is 2.22. The van der Waals surface area contributed by atoms with Gasteiger partial charge in [0, 0.05) is 13.1 Å². The fourth-order valence-corrected chi connectivity index (χ4v) is 1.81. The van der Waals surface area contributed by atoms with Crippen LogP contribution in [0.3, 0.4) is 0 Å². The summed E-state index contributed by atoms with van der Waals surface area (Å²) in [6.07, 6.45) is -0.691. The molecular formula is C12H16N2O3. The van der Waals surface area contributed by atoms with Crippen LogP contribution < -0.4 is 10.5 Å². The first-order valence-corrected chi connectivity index (χ1v) is 5.61. The molecule has 5 heteroatoms. The summed E-state index contributed by atoms with van der Waals surface area (Å²) in [6.45, 7) is 1.28. The normalized spacial score (nSPS) is 17.1. The maximum Gasteiger partial charge on any atom is 0.257 e. The van der Waals surface area contributed by atoms with Crippen molar-refractivity contribution in [1.29, 1.82) is 0 Å². The molecule has 0 radical (unpaired) electrons. The molecule has 1 aromatic carbocycles. The van der Waals surface area contributed by atoms with Gasteiger partial charge in [-0.15, -0.1) is 0 Å². The quantitative estimate of drug-likeness (QED) is 0.764. The molecule has 0 aromatic heterocycles. The number of nitrogens with zero attached hydrogens (tertiary/aromatic N) is 1. The van der Waals surface area contributed by atoms with Crippen LogP contribution in [0, 0.1) is 0 Å². The van der Waals surface area contributed by atoms with Crippen LogP contribution in [0.5, 0.6) is 5.75 Å². The third-order valence-electron chi connectivity index (χ3n) is 2.73. The molecule has 1 amide bonds. The third kappa shape index (κ3) is 2.57. The lowest BCUT2D eigenvalue weighted by molar-refractivity contribution is 0.0631. The molecule has 1 aliphatic rings. The van der Waals surface area contributed by atoms with Gasteiger partial charge in [-0.25, -0.2) is 0 Å². The summed E-state index contributed by atoms with van der Waals surface area (Å²) in [7, 11) is 0. The summed E-state index contributed by atoms with van der Waals surface area (Å²) < 4.78 is 5.49. The van der Waals surface area contributed by atoms with Crippen molar-refractivity contribution in [3.05, 3.63) is 29.8 Å². The Bertz CT molecular complexity index is 408. The van der Waals surface area contributed by atoms with Gasteiger partial charge in [0.25, 0.3) is 5.91 Å². The molecule has 0 fully saturated rings. The van der Waals surface area contributed by atoms with Crippen LogP contribution in [0.4, 0.5) is 0 Å². The first kappa shape index (κ1) is 11.9. The molecule has 0 saturated carbocycles. The van der Waals surface area contributed by atoms with Gasteiger partial charge in [0.15, 0.2) is 0 Å². The van der Waals surface area contributed by atoms with Crippen molar-refractivity contribution in [2.75, 3.05) is 26.2 Å². The van der Waals surface area contributed by atoms with Crippen LogP contribution >= 0.6 is 0 Å². The van der Waals surface area contributed by atoms with Crippen LogP contribution in [0.15, 0.2) is 24.3 Å². The van der Waals surface area contributed by atoms with Crippen molar-refractivity contribution in [3.8, 4) is 5.75 Å². The van der Waals surface area contributed by atoms with E-state index in [0.717, 1.165) is 0 Å². The second kappa shape index (κ2) is 5.16. The third-order valence-corrected chi connectivity index (χ3v) is 2.73. The number of para-hydroxylation sites is 1. The fraction of sp³-hybridized carbons (Fsp3) is 0.417. The zero-order valence-corrected chi connectivity index (χ0v) is 9.50. The maximum absolute atomic E-state index is 12.2. The van der Waals surface area contributed by atoms with Gasteiger partial charge in [0.2, 0.25) is 0 Å². The van der Waals surface area contributed by atoms with Crippen molar-refractivity contribution >= 4 is 5.91 Å². The first-order chi connectivity index (χ1) is 8.22. The number of hydrogen-bond donors (Lipinski definition) is 2. The Morgan fingerprint density at radius 1 is 1.47 bits per heavy atom. The number of aliphatic hydroxyl groups is 1. The Morgan fingerprint density at radius 2 is 2.24 bits per heavy atom. The summed E-state index contributed by atoms with van der Waals surface area (Å²) >= 11 is 0. The number of rotatable bonds is 3. The van der Waals surface area contributed by atoms with E-state index in [9.17, 15) is 9.90 Å². The van der Waals surface area contributed by atoms with Gasteiger partial charge in [-0.3, -0.25) is 4.79 Å². The number of fused-ring (bicyclic) bond motifs is 1. The molecule has 17 heavy (non-hydrogen) atoms. The minimum atomic E-state index is -0.691. The van der Waals surface area contributed by atoms with Gasteiger partial charge < -0.3 is 20.5 Å². The largest absolute Gasteiger partial charge is 0.491 e. The molecule has 1 aromatic rings. The number of amides is 1. The molecule has 1 atom stereocenters. The van der Waals surface area contributed by atoms with Crippen LogP contribution in [0.1, 0.15) is 10.4 Å². The number of aliphatic hydroxyl groups excluding tert-OH is 1. The van der Waals surface area contributed by atoms with Crippen molar-refractivity contribution in [3.63, 3.8) is 0 Å². The number of ether oxygens (including phenoxy) is 1. The molecule has 0 saturated heterocycles. The van der Waals surface area contributed by atoms with Gasteiger partial charge in [-0.2, -0.15) is 0 Å². The Morgan fingerprint density at radius 3 is 3.00 bits per heavy atom. The number of hydrogen-bond acceptors (Lipinski definition) is 4. The average molecular weight is 236 g/mol. The second-order valence-electron chi connectivity index (χ2n) is 3.99. The lowest BCUT2D eigenvalue weighted by Gasteiger charge is -2.22. The SMILES string of the molecule is NCC(O)CN1CCOc2ccccc2C1=O. The Kier molecular flexibility index (Phi) is 3.61. The van der Waals surface area contributed by atoms with Crippen molar-refractivity contribution < 1.29 is 14.6 Å². The van der Waals surface area contributed by atoms with Crippen LogP contribution in [0.2, 0.25) is 0 Å². The van der Waals surface area contributed by atoms with E-state index in [2.05, 4.69) is 0 Å². The predicted octanol–water partition coefficient (Wildman–Crippen LogP) is -0.159. The van der Waals surface area contributed by atoms with Crippen LogP contribution in [0.25, 0.3) is 0 Å². The zero-order valence-electron chi connectivity index (χ0n) is 9.50. The lowest BCUT2D eigenvalue weighted by atomic mass is 10.1. The van der Waals surface area contributed by atoms with Gasteiger partial charge >= 0.3 is 0 Å². The minimum absolute atomic E-state index is 0.120. The van der Waals surface area contributed by atoms with E-state index in [1.807, 2.05) is 6.07 Å². The van der Waals surface area contributed by atoms with E-state index in [0.29, 0.717) is 24.5 Å². The highest BCUT2D eigenvalue weighted by atomic mass is 16.5. The first-order valence-electron chi connectivity index (χ1n) is 5.61. The van der Waals surface area contributed by atoms with Gasteiger partial charge in [0.05, 0.1) is 18.2 Å². The molecule has 1 heterocycles. The standard InChI is InChI=1S/C12H16N2O3/c13-7-9(15)8-14-5-6-17-11-4-2-1-3-10(11)12(14)16/h1-4,9,15H,5-8,13H2. The Balaban J connectivity index is 2.20. The van der Waals surface area contributed by atoms with Gasteiger partial charge in [-0.1, -0.05) is 12.1 Å². The number of benzene rings is 1. The maximum atomic E-state index is 12.2. The number of carbonyl (C=O) groups excluding carboxylic acids is 1. The van der Waals surface area contributed by atoms with Crippen molar-refractivity contribution in [2.24, 2.45) is 5.73 Å². The van der Waals surface area contributed by atoms with E-state index in [1.165, 1.54) is 0 Å². The summed E-state index contributed by atoms with van der Waals surface area (Å²) in [5, 5.41) is 9.51. The van der Waals surface area contributed by atoms with Crippen LogP contribution in [-0.4, -0.2) is 48.3 Å². The molecule has 5 nitrogen and oxygen atoms in total. The minimum Gasteiger partial charge on any atom is -0.491 e. The summed E-state index contributed by atoms with van der Waals surface area (Å²) in [5.74, 6) is 0.479. The topological polar surface area (TPSA) is 75.8 Å². The Hall–Kier alpha value is -1.59. The molecule has 1 aliphatic heterocycles. The predicted molar refractivity (Wildman–Crippen MR) is 62.9 cm³/mol. The smallest absolute Gasteiger partial charge is 0.257 e. The summed E-state index contributed by atoms with van der Waals surface area (Å²) in [5.41, 5.74) is 5.89. The molecule has 3 N–H and O–H groups in total. The Labute approximate surface area is 99.8 Å². The number of β-amino-alcohol motifs (C(OH)–C–C–N with tert-alkyl or cyclic N) is 1. The second-order valence-corrected chi connectivity index (χ2v) is 3.99. The monoisotopic (exact) mass is 236 g/mol. The highest BCUT2D eigenvalue weighted by Gasteiger charge is 2.24. The molecule has 1 unspecified atom stereocenters. The summed E-state index contributed by atoms with van der Waals surface area (Å²) in [6, 6.07) is 7.13. The summed E-state index contributed by atoms with van der Waals surface area (Å²) in [4.78, 5) is 13.8. The fourth-order valence-electron chi connectivity index (χ4n) is 1.81. The van der Waals surface area contributed by atoms with E-state index in [-0.39, 0.29) is 19.0 Å². The molecule has 0 spiro atoms. The lowest BCUT2D eigenvalue weighted by Crippen LogP contribution is -2.41. The van der Waals surface area contributed by atoms with E-state index in [1.54, 1.807) is 23.1 Å². The van der Waals surface area contributed by atoms with E-state index < -0.39 is 6.10 Å². The van der Waals surface area contributed by atoms with Gasteiger partial charge in [0.1, 0.15) is 12.4 Å². The van der Waals surface area contributed by atoms with Gasteiger partial charge in [-0.05, 0) is 12.1 Å². The molecular weight excluding hydrogens is 220 g/mol. The van der Waals surface area contributed by atoms with Crippen molar-refractivity contribution in [2.45, 2.75) is 6.10 Å². The zero-order chi connectivity index (χ0) is 12.3. The number of carbonyl (C=O) groups is 1. The molecule has 2 rings (SSSR count). The molecule has 0 bridgehead atoms. The molecule has 92 valence electrons. The highest BCUT2D eigenvalue weighted by molar-refractivity contribution is 5.97. The van der Waals surface area contributed by atoms with E-state index in [4.69, 9.17) is 10.5 Å². The van der Waals surface area contributed by atoms with Crippen molar-refractivity contribution in [1.82, 2.24) is 4.90 Å². The van der Waals surface area contributed by atoms with Crippen LogP contribution in [-0.2, 0) is 0 Å². The van der Waals surface area contributed by atoms with E-state index >= 15 is 0 Å². The molecule has 0 aliphatic carbocycles. The average Bonchev–Trinajstić information content (AvgIpc) is 2.51.